The number of carboxylic acid groups (broad SMARTS) is 1. The van der Waals surface area contributed by atoms with Gasteiger partial charge in [-0.05, 0) is 24.1 Å². The van der Waals surface area contributed by atoms with E-state index in [9.17, 15) is 4.79 Å². The number of para-hydroxylation sites is 1. The average Bonchev–Trinajstić information content (AvgIpc) is 2.45. The Labute approximate surface area is 117 Å². The predicted molar refractivity (Wildman–Crippen MR) is 74.9 cm³/mol. The molecule has 2 aromatic carbocycles. The van der Waals surface area contributed by atoms with Crippen LogP contribution in [0.2, 0.25) is 0 Å². The lowest BCUT2D eigenvalue weighted by Crippen LogP contribution is -2.08. The minimum absolute atomic E-state index is 0.0139. The number of carboxylic acids is 1. The van der Waals surface area contributed by atoms with Crippen molar-refractivity contribution in [3.63, 3.8) is 0 Å². The van der Waals surface area contributed by atoms with Crippen LogP contribution in [0.3, 0.4) is 0 Å². The highest BCUT2D eigenvalue weighted by atomic mass is 16.7. The molecule has 4 nitrogen and oxygen atoms in total. The molecule has 0 spiro atoms. The second kappa shape index (κ2) is 6.73. The number of aromatic carboxylic acids is 1. The van der Waals surface area contributed by atoms with Crippen LogP contribution in [0, 0.1) is 6.92 Å². The summed E-state index contributed by atoms with van der Waals surface area (Å²) in [5.41, 5.74) is 1.96. The van der Waals surface area contributed by atoms with E-state index >= 15 is 0 Å². The lowest BCUT2D eigenvalue weighted by Gasteiger charge is -2.12. The van der Waals surface area contributed by atoms with Crippen molar-refractivity contribution in [3.05, 3.63) is 65.2 Å². The Hall–Kier alpha value is -2.33. The molecule has 0 radical (unpaired) electrons. The number of aryl methyl sites for hydroxylation is 1. The van der Waals surface area contributed by atoms with Crippen molar-refractivity contribution in [2.75, 3.05) is 6.79 Å². The van der Waals surface area contributed by atoms with Gasteiger partial charge in [0, 0.05) is 0 Å². The van der Waals surface area contributed by atoms with Crippen molar-refractivity contribution in [2.45, 2.75) is 13.5 Å². The van der Waals surface area contributed by atoms with Crippen molar-refractivity contribution >= 4 is 5.97 Å². The maximum atomic E-state index is 11.1. The summed E-state index contributed by atoms with van der Waals surface area (Å²) >= 11 is 0. The van der Waals surface area contributed by atoms with E-state index in [-0.39, 0.29) is 12.4 Å². The molecular formula is C16H16O4. The first-order chi connectivity index (χ1) is 9.68. The lowest BCUT2D eigenvalue weighted by atomic mass is 10.1. The Kier molecular flexibility index (Phi) is 4.74. The zero-order chi connectivity index (χ0) is 14.4. The summed E-state index contributed by atoms with van der Waals surface area (Å²) in [5.74, 6) is -0.653. The van der Waals surface area contributed by atoms with Crippen molar-refractivity contribution in [1.82, 2.24) is 0 Å². The topological polar surface area (TPSA) is 55.8 Å². The summed E-state index contributed by atoms with van der Waals surface area (Å²) < 4.78 is 10.8. The van der Waals surface area contributed by atoms with Gasteiger partial charge in [0.1, 0.15) is 11.3 Å². The molecule has 1 N–H and O–H groups in total. The Balaban J connectivity index is 1.93. The van der Waals surface area contributed by atoms with Gasteiger partial charge in [0.25, 0.3) is 0 Å². The minimum atomic E-state index is -1.01. The quantitative estimate of drug-likeness (QED) is 0.648. The first-order valence-electron chi connectivity index (χ1n) is 6.26. The van der Waals surface area contributed by atoms with Crippen molar-refractivity contribution < 1.29 is 19.4 Å². The molecule has 4 heteroatoms. The van der Waals surface area contributed by atoms with Gasteiger partial charge in [-0.15, -0.1) is 0 Å². The fourth-order valence-electron chi connectivity index (χ4n) is 1.85. The molecule has 20 heavy (non-hydrogen) atoms. The van der Waals surface area contributed by atoms with E-state index in [4.69, 9.17) is 14.6 Å². The highest BCUT2D eigenvalue weighted by Crippen LogP contribution is 2.23. The van der Waals surface area contributed by atoms with Gasteiger partial charge in [-0.25, -0.2) is 4.79 Å². The summed E-state index contributed by atoms with van der Waals surface area (Å²) in [7, 11) is 0. The smallest absolute Gasteiger partial charge is 0.339 e. The molecule has 0 heterocycles. The fourth-order valence-corrected chi connectivity index (χ4v) is 1.85. The van der Waals surface area contributed by atoms with Gasteiger partial charge >= 0.3 is 5.97 Å². The van der Waals surface area contributed by atoms with Gasteiger partial charge in [-0.3, -0.25) is 0 Å². The minimum Gasteiger partial charge on any atom is -0.478 e. The molecule has 0 aromatic heterocycles. The molecule has 0 aliphatic carbocycles. The van der Waals surface area contributed by atoms with Crippen LogP contribution in [-0.2, 0) is 11.3 Å². The van der Waals surface area contributed by atoms with Crippen LogP contribution in [-0.4, -0.2) is 17.9 Å². The molecule has 0 saturated carbocycles. The molecule has 0 atom stereocenters. The van der Waals surface area contributed by atoms with Crippen LogP contribution >= 0.6 is 0 Å². The normalized spacial score (nSPS) is 10.2. The van der Waals surface area contributed by atoms with Gasteiger partial charge in [-0.2, -0.15) is 0 Å². The monoisotopic (exact) mass is 272 g/mol. The van der Waals surface area contributed by atoms with E-state index in [1.807, 2.05) is 30.3 Å². The Bertz CT molecular complexity index is 578. The van der Waals surface area contributed by atoms with E-state index < -0.39 is 5.97 Å². The number of hydrogen-bond donors (Lipinski definition) is 1. The predicted octanol–water partition coefficient (Wildman–Crippen LogP) is 3.25. The van der Waals surface area contributed by atoms with Crippen LogP contribution in [0.15, 0.2) is 48.5 Å². The van der Waals surface area contributed by atoms with E-state index in [0.29, 0.717) is 12.4 Å². The fraction of sp³-hybridized carbons (Fsp3) is 0.188. The van der Waals surface area contributed by atoms with Gasteiger partial charge in [-0.1, -0.05) is 42.5 Å². The largest absolute Gasteiger partial charge is 0.478 e. The molecule has 0 bridgehead atoms. The maximum Gasteiger partial charge on any atom is 0.339 e. The summed E-state index contributed by atoms with van der Waals surface area (Å²) in [6, 6.07) is 14.7. The van der Waals surface area contributed by atoms with Crippen LogP contribution < -0.4 is 4.74 Å². The Morgan fingerprint density at radius 1 is 1.10 bits per heavy atom. The summed E-state index contributed by atoms with van der Waals surface area (Å²) in [6.45, 7) is 2.24. The summed E-state index contributed by atoms with van der Waals surface area (Å²) in [4.78, 5) is 11.1. The third kappa shape index (κ3) is 3.59. The number of benzene rings is 2. The third-order valence-electron chi connectivity index (χ3n) is 2.84. The first-order valence-corrected chi connectivity index (χ1v) is 6.26. The molecule has 0 aliphatic rings. The SMILES string of the molecule is Cc1cccc(C(=O)O)c1OCOCc1ccccc1. The number of rotatable bonds is 6. The van der Waals surface area contributed by atoms with E-state index in [1.165, 1.54) is 6.07 Å². The van der Waals surface area contributed by atoms with Crippen molar-refractivity contribution in [2.24, 2.45) is 0 Å². The number of hydrogen-bond acceptors (Lipinski definition) is 3. The Morgan fingerprint density at radius 2 is 1.85 bits per heavy atom. The molecule has 2 aromatic rings. The molecule has 0 aliphatic heterocycles. The molecular weight excluding hydrogens is 256 g/mol. The highest BCUT2D eigenvalue weighted by Gasteiger charge is 2.13. The molecule has 2 rings (SSSR count). The number of ether oxygens (including phenoxy) is 2. The zero-order valence-electron chi connectivity index (χ0n) is 11.2. The lowest BCUT2D eigenvalue weighted by molar-refractivity contribution is 0.00394. The van der Waals surface area contributed by atoms with Gasteiger partial charge in [0.05, 0.1) is 6.61 Å². The number of carbonyl (C=O) groups is 1. The van der Waals surface area contributed by atoms with Gasteiger partial charge in [0.2, 0.25) is 0 Å². The van der Waals surface area contributed by atoms with E-state index in [2.05, 4.69) is 0 Å². The van der Waals surface area contributed by atoms with Gasteiger partial charge < -0.3 is 14.6 Å². The molecule has 0 amide bonds. The second-order valence-electron chi connectivity index (χ2n) is 4.35. The van der Waals surface area contributed by atoms with Gasteiger partial charge in [0.15, 0.2) is 6.79 Å². The van der Waals surface area contributed by atoms with E-state index in [1.54, 1.807) is 19.1 Å². The van der Waals surface area contributed by atoms with Crippen molar-refractivity contribution in [3.8, 4) is 5.75 Å². The third-order valence-corrected chi connectivity index (χ3v) is 2.84. The molecule has 104 valence electrons. The zero-order valence-corrected chi connectivity index (χ0v) is 11.2. The van der Waals surface area contributed by atoms with Crippen molar-refractivity contribution in [1.29, 1.82) is 0 Å². The average molecular weight is 272 g/mol. The van der Waals surface area contributed by atoms with Crippen LogP contribution in [0.4, 0.5) is 0 Å². The van der Waals surface area contributed by atoms with E-state index in [0.717, 1.165) is 11.1 Å². The maximum absolute atomic E-state index is 11.1. The second-order valence-corrected chi connectivity index (χ2v) is 4.35. The first kappa shape index (κ1) is 14.1. The standard InChI is InChI=1S/C16H16O4/c1-12-6-5-9-14(16(17)18)15(12)20-11-19-10-13-7-3-2-4-8-13/h2-9H,10-11H2,1H3,(H,17,18). The highest BCUT2D eigenvalue weighted by molar-refractivity contribution is 5.91. The van der Waals surface area contributed by atoms with Crippen LogP contribution in [0.25, 0.3) is 0 Å². The summed E-state index contributed by atoms with van der Waals surface area (Å²) in [6.07, 6.45) is 0. The molecule has 0 fully saturated rings. The summed E-state index contributed by atoms with van der Waals surface area (Å²) in [5, 5.41) is 9.10. The van der Waals surface area contributed by atoms with Crippen LogP contribution in [0.5, 0.6) is 5.75 Å². The molecule has 0 unspecified atom stereocenters. The Morgan fingerprint density at radius 3 is 2.55 bits per heavy atom. The van der Waals surface area contributed by atoms with Crippen LogP contribution in [0.1, 0.15) is 21.5 Å². The molecule has 0 saturated heterocycles.